The fourth-order valence-corrected chi connectivity index (χ4v) is 2.27. The Bertz CT molecular complexity index is 398. The van der Waals surface area contributed by atoms with E-state index in [2.05, 4.69) is 17.2 Å². The molecule has 0 aliphatic carbocycles. The number of ether oxygens (including phenoxy) is 1. The van der Waals surface area contributed by atoms with Gasteiger partial charge in [0.1, 0.15) is 12.6 Å². The number of likely N-dealkylation sites (tertiary alicyclic amines) is 1. The highest BCUT2D eigenvalue weighted by molar-refractivity contribution is 5.88. The summed E-state index contributed by atoms with van der Waals surface area (Å²) in [5, 5.41) is 5.17. The highest BCUT2D eigenvalue weighted by Crippen LogP contribution is 2.17. The minimum atomic E-state index is -0.511. The van der Waals surface area contributed by atoms with Crippen molar-refractivity contribution < 1.29 is 19.1 Å². The first-order valence-corrected chi connectivity index (χ1v) is 7.12. The van der Waals surface area contributed by atoms with Gasteiger partial charge in [0, 0.05) is 26.6 Å². The van der Waals surface area contributed by atoms with Crippen LogP contribution in [0.25, 0.3) is 0 Å². The Morgan fingerprint density at radius 1 is 1.52 bits per heavy atom. The number of hydrogen-bond acceptors (Lipinski definition) is 4. The molecular formula is C14H23N3O4. The van der Waals surface area contributed by atoms with Gasteiger partial charge in [-0.2, -0.15) is 0 Å². The second kappa shape index (κ2) is 8.99. The molecule has 1 fully saturated rings. The number of alkyl carbamates (subject to hydrolysis) is 1. The number of amides is 3. The van der Waals surface area contributed by atoms with E-state index in [1.807, 2.05) is 0 Å². The van der Waals surface area contributed by atoms with Gasteiger partial charge in [-0.1, -0.05) is 12.7 Å². The summed E-state index contributed by atoms with van der Waals surface area (Å²) in [6, 6.07) is -0.462. The SMILES string of the molecule is C=CCOC(=O)NCCC[C@H](C(=O)NC)N1CCCC1=O. The van der Waals surface area contributed by atoms with Gasteiger partial charge in [-0.25, -0.2) is 4.79 Å². The Labute approximate surface area is 124 Å². The molecule has 1 aliphatic heterocycles. The fourth-order valence-electron chi connectivity index (χ4n) is 2.27. The third kappa shape index (κ3) is 5.45. The first-order chi connectivity index (χ1) is 10.1. The lowest BCUT2D eigenvalue weighted by Crippen LogP contribution is -2.46. The van der Waals surface area contributed by atoms with E-state index in [1.54, 1.807) is 11.9 Å². The van der Waals surface area contributed by atoms with Crippen molar-refractivity contribution in [3.05, 3.63) is 12.7 Å². The van der Waals surface area contributed by atoms with Crippen LogP contribution < -0.4 is 10.6 Å². The Hall–Kier alpha value is -2.05. The van der Waals surface area contributed by atoms with Crippen LogP contribution in [0.15, 0.2) is 12.7 Å². The average Bonchev–Trinajstić information content (AvgIpc) is 2.90. The lowest BCUT2D eigenvalue weighted by molar-refractivity contribution is -0.137. The Balaban J connectivity index is 2.37. The molecule has 1 saturated heterocycles. The zero-order chi connectivity index (χ0) is 15.7. The first kappa shape index (κ1) is 17.0. The molecule has 7 nitrogen and oxygen atoms in total. The molecule has 1 rings (SSSR count). The van der Waals surface area contributed by atoms with Crippen LogP contribution in [0.2, 0.25) is 0 Å². The quantitative estimate of drug-likeness (QED) is 0.502. The summed E-state index contributed by atoms with van der Waals surface area (Å²) in [6.07, 6.45) is 3.36. The van der Waals surface area contributed by atoms with Crippen molar-refractivity contribution in [3.63, 3.8) is 0 Å². The standard InChI is InChI=1S/C14H23N3O4/c1-3-10-21-14(20)16-8-4-6-11(13(19)15-2)17-9-5-7-12(17)18/h3,11H,1,4-10H2,2H3,(H,15,19)(H,16,20)/t11-/m1/s1. The molecular weight excluding hydrogens is 274 g/mol. The van der Waals surface area contributed by atoms with Crippen LogP contribution in [0.1, 0.15) is 25.7 Å². The molecule has 7 heteroatoms. The molecule has 0 unspecified atom stereocenters. The maximum Gasteiger partial charge on any atom is 0.407 e. The molecule has 0 bridgehead atoms. The van der Waals surface area contributed by atoms with E-state index in [0.717, 1.165) is 6.42 Å². The normalized spacial score (nSPS) is 15.5. The maximum atomic E-state index is 11.9. The molecule has 2 N–H and O–H groups in total. The predicted molar refractivity (Wildman–Crippen MR) is 77.6 cm³/mol. The van der Waals surface area contributed by atoms with E-state index in [0.29, 0.717) is 32.4 Å². The van der Waals surface area contributed by atoms with E-state index in [1.165, 1.54) is 6.08 Å². The van der Waals surface area contributed by atoms with Crippen molar-refractivity contribution in [1.29, 1.82) is 0 Å². The molecule has 0 saturated carbocycles. The van der Waals surface area contributed by atoms with Gasteiger partial charge >= 0.3 is 6.09 Å². The van der Waals surface area contributed by atoms with Crippen LogP contribution in [0.3, 0.4) is 0 Å². The zero-order valence-electron chi connectivity index (χ0n) is 12.4. The van der Waals surface area contributed by atoms with Crippen molar-refractivity contribution in [2.45, 2.75) is 31.7 Å². The Kier molecular flexibility index (Phi) is 7.28. The molecule has 0 aromatic carbocycles. The number of carbonyl (C=O) groups excluding carboxylic acids is 3. The molecule has 1 atom stereocenters. The summed E-state index contributed by atoms with van der Waals surface area (Å²) in [5.41, 5.74) is 0. The van der Waals surface area contributed by atoms with Crippen LogP contribution >= 0.6 is 0 Å². The van der Waals surface area contributed by atoms with Crippen LogP contribution in [-0.2, 0) is 14.3 Å². The van der Waals surface area contributed by atoms with Crippen molar-refractivity contribution in [2.24, 2.45) is 0 Å². The molecule has 0 spiro atoms. The van der Waals surface area contributed by atoms with Crippen LogP contribution in [0.4, 0.5) is 4.79 Å². The van der Waals surface area contributed by atoms with E-state index in [4.69, 9.17) is 4.74 Å². The number of carbonyl (C=O) groups is 3. The van der Waals surface area contributed by atoms with E-state index in [9.17, 15) is 14.4 Å². The number of nitrogens with zero attached hydrogens (tertiary/aromatic N) is 1. The zero-order valence-corrected chi connectivity index (χ0v) is 12.4. The minimum absolute atomic E-state index is 0.0157. The molecule has 21 heavy (non-hydrogen) atoms. The molecule has 118 valence electrons. The molecule has 0 aromatic rings. The summed E-state index contributed by atoms with van der Waals surface area (Å²) in [6.45, 7) is 4.62. The molecule has 1 aliphatic rings. The van der Waals surface area contributed by atoms with Gasteiger partial charge in [-0.3, -0.25) is 9.59 Å². The largest absolute Gasteiger partial charge is 0.445 e. The summed E-state index contributed by atoms with van der Waals surface area (Å²) in [4.78, 5) is 36.5. The highest BCUT2D eigenvalue weighted by atomic mass is 16.5. The predicted octanol–water partition coefficient (Wildman–Crippen LogP) is 0.416. The number of hydrogen-bond donors (Lipinski definition) is 2. The first-order valence-electron chi connectivity index (χ1n) is 7.12. The third-order valence-corrected chi connectivity index (χ3v) is 3.29. The number of likely N-dealkylation sites (N-methyl/N-ethyl adjacent to an activating group) is 1. The van der Waals surface area contributed by atoms with Crippen molar-refractivity contribution >= 4 is 17.9 Å². The molecule has 0 aromatic heterocycles. The highest BCUT2D eigenvalue weighted by Gasteiger charge is 2.31. The summed E-state index contributed by atoms with van der Waals surface area (Å²) < 4.78 is 4.77. The van der Waals surface area contributed by atoms with Crippen molar-refractivity contribution in [2.75, 3.05) is 26.7 Å². The lowest BCUT2D eigenvalue weighted by atomic mass is 10.1. The summed E-state index contributed by atoms with van der Waals surface area (Å²) in [5.74, 6) is -0.151. The summed E-state index contributed by atoms with van der Waals surface area (Å²) in [7, 11) is 1.56. The average molecular weight is 297 g/mol. The van der Waals surface area contributed by atoms with Crippen molar-refractivity contribution in [3.8, 4) is 0 Å². The number of nitrogens with one attached hydrogen (secondary N) is 2. The number of rotatable bonds is 8. The van der Waals surface area contributed by atoms with E-state index >= 15 is 0 Å². The van der Waals surface area contributed by atoms with Gasteiger partial charge in [0.2, 0.25) is 11.8 Å². The monoisotopic (exact) mass is 297 g/mol. The molecule has 1 heterocycles. The maximum absolute atomic E-state index is 11.9. The second-order valence-electron chi connectivity index (χ2n) is 4.78. The fraction of sp³-hybridized carbons (Fsp3) is 0.643. The Morgan fingerprint density at radius 2 is 2.29 bits per heavy atom. The minimum Gasteiger partial charge on any atom is -0.445 e. The second-order valence-corrected chi connectivity index (χ2v) is 4.78. The van der Waals surface area contributed by atoms with Crippen LogP contribution in [0, 0.1) is 0 Å². The van der Waals surface area contributed by atoms with Gasteiger partial charge in [0.15, 0.2) is 0 Å². The van der Waals surface area contributed by atoms with E-state index < -0.39 is 12.1 Å². The van der Waals surface area contributed by atoms with Gasteiger partial charge in [-0.05, 0) is 19.3 Å². The van der Waals surface area contributed by atoms with Gasteiger partial charge in [0.25, 0.3) is 0 Å². The smallest absolute Gasteiger partial charge is 0.407 e. The van der Waals surface area contributed by atoms with Gasteiger partial charge in [0.05, 0.1) is 0 Å². The Morgan fingerprint density at radius 3 is 2.86 bits per heavy atom. The lowest BCUT2D eigenvalue weighted by Gasteiger charge is -2.26. The molecule has 3 amide bonds. The van der Waals surface area contributed by atoms with Gasteiger partial charge < -0.3 is 20.3 Å². The summed E-state index contributed by atoms with van der Waals surface area (Å²) >= 11 is 0. The van der Waals surface area contributed by atoms with Crippen LogP contribution in [0.5, 0.6) is 0 Å². The van der Waals surface area contributed by atoms with Crippen molar-refractivity contribution in [1.82, 2.24) is 15.5 Å². The topological polar surface area (TPSA) is 87.7 Å². The van der Waals surface area contributed by atoms with Gasteiger partial charge in [-0.15, -0.1) is 0 Å². The van der Waals surface area contributed by atoms with Crippen LogP contribution in [-0.4, -0.2) is 55.6 Å². The third-order valence-electron chi connectivity index (χ3n) is 3.29. The molecule has 0 radical (unpaired) electrons. The van der Waals surface area contributed by atoms with E-state index in [-0.39, 0.29) is 18.4 Å².